The van der Waals surface area contributed by atoms with Crippen molar-refractivity contribution in [2.24, 2.45) is 0 Å². The van der Waals surface area contributed by atoms with Gasteiger partial charge in [-0.05, 0) is 126 Å². The van der Waals surface area contributed by atoms with Crippen molar-refractivity contribution in [2.45, 2.75) is 64.7 Å². The van der Waals surface area contributed by atoms with Crippen molar-refractivity contribution >= 4 is 17.1 Å². The largest absolute Gasteiger partial charge is 0.309 e. The molecule has 2 aliphatic rings. The van der Waals surface area contributed by atoms with Crippen molar-refractivity contribution in [3.05, 3.63) is 221 Å². The Balaban J connectivity index is 1.32. The summed E-state index contributed by atoms with van der Waals surface area (Å²) < 4.78 is 0. The maximum absolute atomic E-state index is 2.57. The van der Waals surface area contributed by atoms with Crippen LogP contribution in [0.3, 0.4) is 0 Å². The van der Waals surface area contributed by atoms with Gasteiger partial charge in [-0.15, -0.1) is 0 Å². The molecule has 10 rings (SSSR count). The van der Waals surface area contributed by atoms with E-state index in [4.69, 9.17) is 0 Å². The van der Waals surface area contributed by atoms with E-state index in [0.717, 1.165) is 11.4 Å². The first-order valence-electron chi connectivity index (χ1n) is 21.1. The highest BCUT2D eigenvalue weighted by atomic mass is 15.1. The average molecular weight is 762 g/mol. The lowest BCUT2D eigenvalue weighted by Crippen LogP contribution is -2.25. The quantitative estimate of drug-likeness (QED) is 0.169. The summed E-state index contributed by atoms with van der Waals surface area (Å²) in [7, 11) is 0. The lowest BCUT2D eigenvalue weighted by Gasteiger charge is -2.34. The van der Waals surface area contributed by atoms with E-state index < -0.39 is 5.41 Å². The number of anilines is 3. The minimum absolute atomic E-state index is 0.0421. The molecule has 0 heterocycles. The van der Waals surface area contributed by atoms with Gasteiger partial charge in [0, 0.05) is 22.5 Å². The van der Waals surface area contributed by atoms with Crippen LogP contribution in [0.5, 0.6) is 0 Å². The van der Waals surface area contributed by atoms with Crippen LogP contribution in [0.15, 0.2) is 182 Å². The van der Waals surface area contributed by atoms with Crippen LogP contribution in [0.1, 0.15) is 80.5 Å². The molecule has 8 aromatic carbocycles. The van der Waals surface area contributed by atoms with E-state index >= 15 is 0 Å². The van der Waals surface area contributed by atoms with E-state index in [2.05, 4.69) is 235 Å². The molecule has 0 unspecified atom stereocenters. The van der Waals surface area contributed by atoms with Gasteiger partial charge in [-0.2, -0.15) is 0 Å². The smallest absolute Gasteiger partial charge is 0.0725 e. The molecule has 0 radical (unpaired) electrons. The minimum atomic E-state index is -0.399. The Morgan fingerprint density at radius 2 is 0.780 bits per heavy atom. The topological polar surface area (TPSA) is 3.24 Å². The lowest BCUT2D eigenvalue weighted by molar-refractivity contribution is 0.589. The summed E-state index contributed by atoms with van der Waals surface area (Å²) in [5.74, 6) is 0. The standard InChI is InChI=1S/C58H51N/c1-38-32-41(56(2,3)4)34-44(33-38)59(55-48(39-20-10-8-11-21-39)35-42(57(5,6)7)36-49(55)40-22-12-9-13-23-40)43-30-31-54-50(37-43)47-26-16-19-29-53(47)58(54)51-27-17-14-24-45(51)46-25-15-18-28-52(46)58/h8-37H,1-7H3. The van der Waals surface area contributed by atoms with E-state index in [-0.39, 0.29) is 10.8 Å². The molecular weight excluding hydrogens is 711 g/mol. The maximum Gasteiger partial charge on any atom is 0.0725 e. The third-order valence-electron chi connectivity index (χ3n) is 12.8. The predicted octanol–water partition coefficient (Wildman–Crippen LogP) is 15.7. The zero-order valence-electron chi connectivity index (χ0n) is 35.3. The summed E-state index contributed by atoms with van der Waals surface area (Å²) in [6, 6.07) is 68.7. The molecule has 0 aliphatic heterocycles. The molecule has 0 amide bonds. The molecule has 0 saturated carbocycles. The first kappa shape index (κ1) is 36.9. The first-order chi connectivity index (χ1) is 28.4. The molecule has 1 nitrogen and oxygen atoms in total. The fourth-order valence-corrected chi connectivity index (χ4v) is 9.94. The molecule has 0 bridgehead atoms. The van der Waals surface area contributed by atoms with Crippen LogP contribution in [-0.4, -0.2) is 0 Å². The number of fused-ring (bicyclic) bond motifs is 10. The second kappa shape index (κ2) is 13.6. The third kappa shape index (κ3) is 5.82. The Bertz CT molecular complexity index is 2790. The fourth-order valence-electron chi connectivity index (χ4n) is 9.94. The van der Waals surface area contributed by atoms with Gasteiger partial charge in [0.2, 0.25) is 0 Å². The van der Waals surface area contributed by atoms with Crippen LogP contribution in [-0.2, 0) is 16.2 Å². The minimum Gasteiger partial charge on any atom is -0.309 e. The first-order valence-corrected chi connectivity index (χ1v) is 21.1. The number of nitrogens with zero attached hydrogens (tertiary/aromatic N) is 1. The fraction of sp³-hybridized carbons (Fsp3) is 0.172. The molecule has 59 heavy (non-hydrogen) atoms. The van der Waals surface area contributed by atoms with Gasteiger partial charge < -0.3 is 4.90 Å². The Morgan fingerprint density at radius 3 is 1.27 bits per heavy atom. The van der Waals surface area contributed by atoms with Gasteiger partial charge in [-0.3, -0.25) is 0 Å². The van der Waals surface area contributed by atoms with Crippen LogP contribution in [0.4, 0.5) is 17.1 Å². The van der Waals surface area contributed by atoms with Crippen LogP contribution in [0.2, 0.25) is 0 Å². The van der Waals surface area contributed by atoms with Gasteiger partial charge in [0.05, 0.1) is 11.1 Å². The second-order valence-electron chi connectivity index (χ2n) is 18.7. The van der Waals surface area contributed by atoms with Crippen molar-refractivity contribution in [1.29, 1.82) is 0 Å². The van der Waals surface area contributed by atoms with E-state index in [1.54, 1.807) is 0 Å². The van der Waals surface area contributed by atoms with Crippen molar-refractivity contribution < 1.29 is 0 Å². The molecule has 0 fully saturated rings. The predicted molar refractivity (Wildman–Crippen MR) is 250 cm³/mol. The molecule has 1 heteroatoms. The highest BCUT2D eigenvalue weighted by Crippen LogP contribution is 2.63. The highest BCUT2D eigenvalue weighted by Gasteiger charge is 2.51. The van der Waals surface area contributed by atoms with Crippen molar-refractivity contribution in [2.75, 3.05) is 4.90 Å². The van der Waals surface area contributed by atoms with Crippen molar-refractivity contribution in [1.82, 2.24) is 0 Å². The van der Waals surface area contributed by atoms with Gasteiger partial charge >= 0.3 is 0 Å². The summed E-state index contributed by atoms with van der Waals surface area (Å²) >= 11 is 0. The molecule has 0 aromatic heterocycles. The molecule has 2 aliphatic carbocycles. The summed E-state index contributed by atoms with van der Waals surface area (Å²) in [5.41, 5.74) is 22.3. The maximum atomic E-state index is 2.57. The lowest BCUT2D eigenvalue weighted by atomic mass is 9.70. The highest BCUT2D eigenvalue weighted by molar-refractivity contribution is 6.01. The van der Waals surface area contributed by atoms with Gasteiger partial charge in [0.1, 0.15) is 0 Å². The number of benzene rings is 8. The zero-order chi connectivity index (χ0) is 40.7. The average Bonchev–Trinajstić information content (AvgIpc) is 3.71. The summed E-state index contributed by atoms with van der Waals surface area (Å²) in [6.45, 7) is 16.2. The van der Waals surface area contributed by atoms with Crippen molar-refractivity contribution in [3.8, 4) is 44.5 Å². The molecule has 1 spiro atoms. The number of rotatable bonds is 5. The Hall–Kier alpha value is -6.44. The van der Waals surface area contributed by atoms with Crippen molar-refractivity contribution in [3.63, 3.8) is 0 Å². The van der Waals surface area contributed by atoms with Crippen LogP contribution >= 0.6 is 0 Å². The normalized spacial score (nSPS) is 13.5. The van der Waals surface area contributed by atoms with E-state index in [9.17, 15) is 0 Å². The Morgan fingerprint density at radius 1 is 0.356 bits per heavy atom. The second-order valence-corrected chi connectivity index (χ2v) is 18.7. The molecule has 8 aromatic rings. The van der Waals surface area contributed by atoms with E-state index in [1.165, 1.54) is 89.1 Å². The van der Waals surface area contributed by atoms with E-state index in [1.807, 2.05) is 0 Å². The van der Waals surface area contributed by atoms with Gasteiger partial charge in [-0.25, -0.2) is 0 Å². The number of hydrogen-bond donors (Lipinski definition) is 0. The molecule has 0 N–H and O–H groups in total. The molecule has 0 atom stereocenters. The van der Waals surface area contributed by atoms with Crippen LogP contribution in [0, 0.1) is 6.92 Å². The van der Waals surface area contributed by atoms with E-state index in [0.29, 0.717) is 0 Å². The summed E-state index contributed by atoms with van der Waals surface area (Å²) in [4.78, 5) is 2.57. The van der Waals surface area contributed by atoms with Gasteiger partial charge in [-0.1, -0.05) is 187 Å². The Kier molecular flexibility index (Phi) is 8.48. The SMILES string of the molecule is Cc1cc(N(c2ccc3c(c2)-c2ccccc2C32c3ccccc3-c3ccccc32)c2c(-c3ccccc3)cc(C(C)(C)C)cc2-c2ccccc2)cc(C(C)(C)C)c1. The Labute approximate surface area is 350 Å². The van der Waals surface area contributed by atoms with Crippen LogP contribution in [0.25, 0.3) is 44.5 Å². The monoisotopic (exact) mass is 761 g/mol. The number of aryl methyl sites for hydroxylation is 1. The number of hydrogen-bond acceptors (Lipinski definition) is 1. The van der Waals surface area contributed by atoms with Gasteiger partial charge in [0.15, 0.2) is 0 Å². The van der Waals surface area contributed by atoms with Gasteiger partial charge in [0.25, 0.3) is 0 Å². The molecule has 288 valence electrons. The zero-order valence-corrected chi connectivity index (χ0v) is 35.3. The van der Waals surface area contributed by atoms with Crippen LogP contribution < -0.4 is 4.90 Å². The summed E-state index contributed by atoms with van der Waals surface area (Å²) in [5, 5.41) is 0. The molecule has 0 saturated heterocycles. The summed E-state index contributed by atoms with van der Waals surface area (Å²) in [6.07, 6.45) is 0. The third-order valence-corrected chi connectivity index (χ3v) is 12.8. The molecular formula is C58H51N.